The molecule has 0 spiro atoms. The largest absolute Gasteiger partial charge is 0.455 e. The zero-order valence-corrected chi connectivity index (χ0v) is 16.5. The number of nitrogens with zero attached hydrogens (tertiary/aromatic N) is 1. The lowest BCUT2D eigenvalue weighted by Gasteiger charge is -2.15. The van der Waals surface area contributed by atoms with Crippen LogP contribution in [0.2, 0.25) is 0 Å². The first kappa shape index (κ1) is 19.6. The SMILES string of the molecule is CCC1=C(C(=O)OCc2ccccc2)O[C@H]([N+](=O)[O-])[C@H]1c1ccc2ccccc2c1. The second kappa shape index (κ2) is 8.37. The number of hydrogen-bond acceptors (Lipinski definition) is 5. The Kier molecular flexibility index (Phi) is 5.48. The second-order valence-electron chi connectivity index (χ2n) is 7.15. The molecule has 6 nitrogen and oxygen atoms in total. The van der Waals surface area contributed by atoms with Gasteiger partial charge in [-0.15, -0.1) is 0 Å². The zero-order valence-electron chi connectivity index (χ0n) is 16.5. The Morgan fingerprint density at radius 2 is 1.73 bits per heavy atom. The quantitative estimate of drug-likeness (QED) is 0.330. The van der Waals surface area contributed by atoms with E-state index in [0.717, 1.165) is 21.9 Å². The van der Waals surface area contributed by atoms with Crippen molar-refractivity contribution >= 4 is 16.7 Å². The normalized spacial score (nSPS) is 18.3. The first-order valence-electron chi connectivity index (χ1n) is 9.81. The van der Waals surface area contributed by atoms with Crippen molar-refractivity contribution in [3.63, 3.8) is 0 Å². The summed E-state index contributed by atoms with van der Waals surface area (Å²) in [5.41, 5.74) is 2.17. The van der Waals surface area contributed by atoms with Crippen LogP contribution in [0.15, 0.2) is 84.1 Å². The van der Waals surface area contributed by atoms with Crippen LogP contribution in [0.3, 0.4) is 0 Å². The van der Waals surface area contributed by atoms with E-state index in [1.54, 1.807) is 0 Å². The number of fused-ring (bicyclic) bond motifs is 1. The van der Waals surface area contributed by atoms with Crippen LogP contribution < -0.4 is 0 Å². The number of esters is 1. The molecular formula is C24H21NO5. The molecule has 30 heavy (non-hydrogen) atoms. The summed E-state index contributed by atoms with van der Waals surface area (Å²) >= 11 is 0. The van der Waals surface area contributed by atoms with Crippen molar-refractivity contribution in [1.29, 1.82) is 0 Å². The fourth-order valence-electron chi connectivity index (χ4n) is 3.86. The molecule has 0 radical (unpaired) electrons. The van der Waals surface area contributed by atoms with Gasteiger partial charge in [0.2, 0.25) is 5.76 Å². The predicted molar refractivity (Wildman–Crippen MR) is 112 cm³/mol. The van der Waals surface area contributed by atoms with Crippen molar-refractivity contribution in [2.75, 3.05) is 0 Å². The van der Waals surface area contributed by atoms with Gasteiger partial charge in [-0.1, -0.05) is 79.7 Å². The number of carbonyl (C=O) groups is 1. The highest BCUT2D eigenvalue weighted by molar-refractivity contribution is 5.88. The molecule has 1 aliphatic heterocycles. The predicted octanol–water partition coefficient (Wildman–Crippen LogP) is 4.96. The van der Waals surface area contributed by atoms with E-state index in [0.29, 0.717) is 12.0 Å². The summed E-state index contributed by atoms with van der Waals surface area (Å²) in [4.78, 5) is 24.0. The van der Waals surface area contributed by atoms with Gasteiger partial charge in [0.05, 0.1) is 4.92 Å². The molecule has 0 aliphatic carbocycles. The minimum Gasteiger partial charge on any atom is -0.455 e. The van der Waals surface area contributed by atoms with E-state index in [4.69, 9.17) is 9.47 Å². The van der Waals surface area contributed by atoms with Crippen molar-refractivity contribution in [2.45, 2.75) is 32.1 Å². The van der Waals surface area contributed by atoms with E-state index in [1.165, 1.54) is 0 Å². The van der Waals surface area contributed by atoms with E-state index in [-0.39, 0.29) is 12.4 Å². The van der Waals surface area contributed by atoms with Crippen LogP contribution in [-0.4, -0.2) is 17.1 Å². The molecule has 1 heterocycles. The van der Waals surface area contributed by atoms with Gasteiger partial charge in [0.1, 0.15) is 12.5 Å². The maximum Gasteiger partial charge on any atom is 0.374 e. The molecule has 4 rings (SSSR count). The Morgan fingerprint density at radius 1 is 1.03 bits per heavy atom. The van der Waals surface area contributed by atoms with Crippen LogP contribution in [0.4, 0.5) is 0 Å². The Labute approximate surface area is 173 Å². The zero-order chi connectivity index (χ0) is 21.1. The van der Waals surface area contributed by atoms with Gasteiger partial charge in [-0.2, -0.15) is 0 Å². The van der Waals surface area contributed by atoms with Gasteiger partial charge in [-0.05, 0) is 33.9 Å². The lowest BCUT2D eigenvalue weighted by molar-refractivity contribution is -0.570. The number of rotatable bonds is 6. The van der Waals surface area contributed by atoms with Gasteiger partial charge in [0.25, 0.3) is 0 Å². The smallest absolute Gasteiger partial charge is 0.374 e. The summed E-state index contributed by atoms with van der Waals surface area (Å²) in [6.07, 6.45) is -0.919. The Hall–Kier alpha value is -3.67. The fraction of sp³-hybridized carbons (Fsp3) is 0.208. The summed E-state index contributed by atoms with van der Waals surface area (Å²) in [5, 5.41) is 13.8. The van der Waals surface area contributed by atoms with Crippen molar-refractivity contribution in [3.05, 3.63) is 105 Å². The van der Waals surface area contributed by atoms with Crippen molar-refractivity contribution in [1.82, 2.24) is 0 Å². The van der Waals surface area contributed by atoms with Crippen LogP contribution >= 0.6 is 0 Å². The summed E-state index contributed by atoms with van der Waals surface area (Å²) < 4.78 is 10.9. The minimum absolute atomic E-state index is 0.0479. The Morgan fingerprint density at radius 3 is 2.43 bits per heavy atom. The lowest BCUT2D eigenvalue weighted by Crippen LogP contribution is -2.26. The van der Waals surface area contributed by atoms with E-state index in [9.17, 15) is 14.9 Å². The monoisotopic (exact) mass is 403 g/mol. The van der Waals surface area contributed by atoms with Crippen molar-refractivity contribution < 1.29 is 19.2 Å². The molecule has 0 fully saturated rings. The molecule has 0 unspecified atom stereocenters. The van der Waals surface area contributed by atoms with Gasteiger partial charge in [-0.3, -0.25) is 10.1 Å². The maximum atomic E-state index is 12.7. The molecule has 0 saturated heterocycles. The highest BCUT2D eigenvalue weighted by atomic mass is 16.7. The van der Waals surface area contributed by atoms with Crippen molar-refractivity contribution in [3.8, 4) is 0 Å². The van der Waals surface area contributed by atoms with Crippen LogP contribution in [-0.2, 0) is 20.9 Å². The molecule has 1 aliphatic rings. The molecular weight excluding hydrogens is 382 g/mol. The average Bonchev–Trinajstić information content (AvgIpc) is 3.18. The summed E-state index contributed by atoms with van der Waals surface area (Å²) in [6, 6.07) is 22.8. The Balaban J connectivity index is 1.67. The molecule has 152 valence electrons. The van der Waals surface area contributed by atoms with E-state index < -0.39 is 23.0 Å². The van der Waals surface area contributed by atoms with Gasteiger partial charge in [-0.25, -0.2) is 4.79 Å². The molecule has 0 amide bonds. The van der Waals surface area contributed by atoms with Gasteiger partial charge in [0.15, 0.2) is 0 Å². The molecule has 3 aromatic carbocycles. The number of benzene rings is 3. The molecule has 0 N–H and O–H groups in total. The lowest BCUT2D eigenvalue weighted by atomic mass is 9.88. The number of ether oxygens (including phenoxy) is 2. The minimum atomic E-state index is -1.36. The van der Waals surface area contributed by atoms with Gasteiger partial charge < -0.3 is 9.47 Å². The standard InChI is InChI=1S/C24H21NO5/c1-2-20-21(19-13-12-17-10-6-7-11-18(17)14-19)23(25(27)28)30-22(20)24(26)29-15-16-8-4-3-5-9-16/h3-14,21,23H,2,15H2,1H3/t21-,23-/m0/s1. The first-order valence-corrected chi connectivity index (χ1v) is 9.81. The third-order valence-electron chi connectivity index (χ3n) is 5.31. The Bertz CT molecular complexity index is 1120. The number of nitro groups is 1. The third kappa shape index (κ3) is 3.76. The fourth-order valence-corrected chi connectivity index (χ4v) is 3.86. The van der Waals surface area contributed by atoms with Gasteiger partial charge >= 0.3 is 12.2 Å². The van der Waals surface area contributed by atoms with E-state index in [2.05, 4.69) is 0 Å². The van der Waals surface area contributed by atoms with E-state index >= 15 is 0 Å². The van der Waals surface area contributed by atoms with Crippen LogP contribution in [0.25, 0.3) is 10.8 Å². The number of carbonyl (C=O) groups excluding carboxylic acids is 1. The van der Waals surface area contributed by atoms with Crippen LogP contribution in [0.1, 0.15) is 30.4 Å². The highest BCUT2D eigenvalue weighted by Gasteiger charge is 2.47. The molecule has 0 aromatic heterocycles. The van der Waals surface area contributed by atoms with Crippen LogP contribution in [0.5, 0.6) is 0 Å². The number of hydrogen-bond donors (Lipinski definition) is 0. The highest BCUT2D eigenvalue weighted by Crippen LogP contribution is 2.42. The summed E-state index contributed by atoms with van der Waals surface area (Å²) in [7, 11) is 0. The average molecular weight is 403 g/mol. The van der Waals surface area contributed by atoms with Crippen LogP contribution in [0, 0.1) is 10.1 Å². The summed E-state index contributed by atoms with van der Waals surface area (Å²) in [6.45, 7) is 1.94. The first-order chi connectivity index (χ1) is 14.6. The second-order valence-corrected chi connectivity index (χ2v) is 7.15. The molecule has 0 saturated carbocycles. The van der Waals surface area contributed by atoms with Crippen molar-refractivity contribution in [2.24, 2.45) is 0 Å². The third-order valence-corrected chi connectivity index (χ3v) is 5.31. The topological polar surface area (TPSA) is 78.7 Å². The molecule has 0 bridgehead atoms. The molecule has 3 aromatic rings. The molecule has 2 atom stereocenters. The van der Waals surface area contributed by atoms with Gasteiger partial charge in [0, 0.05) is 0 Å². The summed E-state index contributed by atoms with van der Waals surface area (Å²) in [5.74, 6) is -1.37. The maximum absolute atomic E-state index is 12.7. The molecule has 6 heteroatoms. The van der Waals surface area contributed by atoms with E-state index in [1.807, 2.05) is 79.7 Å².